The number of fused-ring (bicyclic) bond motifs is 2. The first-order valence-corrected chi connectivity index (χ1v) is 7.27. The molecule has 2 aliphatic heterocycles. The minimum absolute atomic E-state index is 0.335. The summed E-state index contributed by atoms with van der Waals surface area (Å²) in [5, 5.41) is 0. The molecule has 2 aliphatic rings. The molecule has 0 bridgehead atoms. The highest BCUT2D eigenvalue weighted by Gasteiger charge is 2.43. The van der Waals surface area contributed by atoms with Gasteiger partial charge in [0.1, 0.15) is 0 Å². The predicted molar refractivity (Wildman–Crippen MR) is 76.9 cm³/mol. The largest absolute Gasteiger partial charge is 0.385 e. The highest BCUT2D eigenvalue weighted by Crippen LogP contribution is 2.46. The first-order chi connectivity index (χ1) is 9.36. The van der Waals surface area contributed by atoms with Crippen molar-refractivity contribution < 1.29 is 9.47 Å². The van der Waals surface area contributed by atoms with Gasteiger partial charge in [0.2, 0.25) is 0 Å². The molecule has 3 nitrogen and oxygen atoms in total. The van der Waals surface area contributed by atoms with Gasteiger partial charge in [-0.3, -0.25) is 0 Å². The van der Waals surface area contributed by atoms with Crippen LogP contribution < -0.4 is 4.90 Å². The van der Waals surface area contributed by atoms with Crippen molar-refractivity contribution in [3.63, 3.8) is 0 Å². The second-order valence-electron chi connectivity index (χ2n) is 5.68. The van der Waals surface area contributed by atoms with Gasteiger partial charge in [0.15, 0.2) is 0 Å². The molecule has 0 saturated carbocycles. The van der Waals surface area contributed by atoms with Crippen LogP contribution in [0.15, 0.2) is 24.3 Å². The molecule has 3 rings (SSSR count). The lowest BCUT2D eigenvalue weighted by Crippen LogP contribution is -2.39. The van der Waals surface area contributed by atoms with E-state index in [1.807, 2.05) is 0 Å². The van der Waals surface area contributed by atoms with E-state index < -0.39 is 0 Å². The molecule has 1 fully saturated rings. The minimum Gasteiger partial charge on any atom is -0.385 e. The fraction of sp³-hybridized carbons (Fsp3) is 0.625. The molecule has 0 aromatic heterocycles. The summed E-state index contributed by atoms with van der Waals surface area (Å²) < 4.78 is 10.7. The number of para-hydroxylation sites is 1. The second kappa shape index (κ2) is 5.51. The van der Waals surface area contributed by atoms with Gasteiger partial charge in [-0.1, -0.05) is 18.2 Å². The Labute approximate surface area is 115 Å². The van der Waals surface area contributed by atoms with E-state index in [1.54, 1.807) is 7.11 Å². The lowest BCUT2D eigenvalue weighted by atomic mass is 9.76. The maximum Gasteiger partial charge on any atom is 0.0479 e. The summed E-state index contributed by atoms with van der Waals surface area (Å²) in [5.74, 6) is 0. The fourth-order valence-electron chi connectivity index (χ4n) is 3.52. The van der Waals surface area contributed by atoms with Gasteiger partial charge in [0.05, 0.1) is 0 Å². The second-order valence-corrected chi connectivity index (χ2v) is 5.68. The van der Waals surface area contributed by atoms with Crippen LogP contribution in [-0.4, -0.2) is 40.0 Å². The number of nitrogens with zero attached hydrogens (tertiary/aromatic N) is 1. The van der Waals surface area contributed by atoms with Crippen LogP contribution in [0.25, 0.3) is 0 Å². The van der Waals surface area contributed by atoms with E-state index >= 15 is 0 Å². The third kappa shape index (κ3) is 2.37. The number of benzene rings is 1. The molecular weight excluding hydrogens is 238 g/mol. The molecule has 104 valence electrons. The molecule has 0 N–H and O–H groups in total. The standard InChI is InChI=1S/C16H23NO2/c1-18-10-4-9-17-13-16(7-11-19-12-8-16)14-5-2-3-6-15(14)17/h2-3,5-6H,4,7-13H2,1H3. The number of rotatable bonds is 4. The van der Waals surface area contributed by atoms with Gasteiger partial charge in [-0.05, 0) is 30.9 Å². The summed E-state index contributed by atoms with van der Waals surface area (Å²) in [7, 11) is 1.78. The first kappa shape index (κ1) is 12.9. The molecule has 0 aliphatic carbocycles. The van der Waals surface area contributed by atoms with Crippen LogP contribution in [0, 0.1) is 0 Å². The summed E-state index contributed by atoms with van der Waals surface area (Å²) in [4.78, 5) is 2.54. The Kier molecular flexibility index (Phi) is 3.76. The third-order valence-corrected chi connectivity index (χ3v) is 4.54. The topological polar surface area (TPSA) is 21.7 Å². The molecule has 0 atom stereocenters. The fourth-order valence-corrected chi connectivity index (χ4v) is 3.52. The zero-order valence-electron chi connectivity index (χ0n) is 11.7. The Balaban J connectivity index is 1.82. The number of methoxy groups -OCH3 is 1. The molecule has 2 heterocycles. The van der Waals surface area contributed by atoms with Gasteiger partial charge >= 0.3 is 0 Å². The van der Waals surface area contributed by atoms with Gasteiger partial charge < -0.3 is 14.4 Å². The summed E-state index contributed by atoms with van der Waals surface area (Å²) in [6, 6.07) is 8.92. The Morgan fingerprint density at radius 2 is 2.05 bits per heavy atom. The molecule has 1 aromatic carbocycles. The van der Waals surface area contributed by atoms with Crippen LogP contribution >= 0.6 is 0 Å². The first-order valence-electron chi connectivity index (χ1n) is 7.27. The zero-order valence-corrected chi connectivity index (χ0v) is 11.7. The minimum atomic E-state index is 0.335. The van der Waals surface area contributed by atoms with Crippen molar-refractivity contribution in [1.29, 1.82) is 0 Å². The van der Waals surface area contributed by atoms with Crippen LogP contribution in [0.2, 0.25) is 0 Å². The Hall–Kier alpha value is -1.06. The molecule has 1 saturated heterocycles. The predicted octanol–water partition coefficient (Wildman–Crippen LogP) is 2.59. The van der Waals surface area contributed by atoms with Crippen molar-refractivity contribution >= 4 is 5.69 Å². The van der Waals surface area contributed by atoms with Crippen molar-refractivity contribution in [2.45, 2.75) is 24.7 Å². The van der Waals surface area contributed by atoms with E-state index in [1.165, 1.54) is 11.3 Å². The van der Waals surface area contributed by atoms with E-state index in [-0.39, 0.29) is 0 Å². The number of ether oxygens (including phenoxy) is 2. The normalized spacial score (nSPS) is 20.8. The SMILES string of the molecule is COCCCN1CC2(CCOCC2)c2ccccc21. The number of anilines is 1. The van der Waals surface area contributed by atoms with Crippen LogP contribution in [0.3, 0.4) is 0 Å². The average Bonchev–Trinajstić information content (AvgIpc) is 2.75. The van der Waals surface area contributed by atoms with Gasteiger partial charge in [-0.2, -0.15) is 0 Å². The van der Waals surface area contributed by atoms with E-state index in [0.29, 0.717) is 5.41 Å². The molecule has 1 aromatic rings. The number of hydrogen-bond donors (Lipinski definition) is 0. The number of hydrogen-bond acceptors (Lipinski definition) is 3. The van der Waals surface area contributed by atoms with Crippen molar-refractivity contribution in [2.24, 2.45) is 0 Å². The van der Waals surface area contributed by atoms with Crippen LogP contribution in [0.1, 0.15) is 24.8 Å². The maximum absolute atomic E-state index is 5.57. The summed E-state index contributed by atoms with van der Waals surface area (Å²) >= 11 is 0. The van der Waals surface area contributed by atoms with E-state index in [4.69, 9.17) is 9.47 Å². The summed E-state index contributed by atoms with van der Waals surface area (Å²) in [5.41, 5.74) is 3.30. The van der Waals surface area contributed by atoms with Crippen LogP contribution in [0.5, 0.6) is 0 Å². The monoisotopic (exact) mass is 261 g/mol. The van der Waals surface area contributed by atoms with E-state index in [0.717, 1.165) is 52.2 Å². The highest BCUT2D eigenvalue weighted by atomic mass is 16.5. The Bertz CT molecular complexity index is 427. The highest BCUT2D eigenvalue weighted by molar-refractivity contribution is 5.62. The lowest BCUT2D eigenvalue weighted by molar-refractivity contribution is 0.0552. The van der Waals surface area contributed by atoms with E-state index in [9.17, 15) is 0 Å². The summed E-state index contributed by atoms with van der Waals surface area (Å²) in [6.07, 6.45) is 3.41. The lowest BCUT2D eigenvalue weighted by Gasteiger charge is -2.34. The van der Waals surface area contributed by atoms with Crippen molar-refractivity contribution in [3.05, 3.63) is 29.8 Å². The smallest absolute Gasteiger partial charge is 0.0479 e. The molecule has 19 heavy (non-hydrogen) atoms. The van der Waals surface area contributed by atoms with Gasteiger partial charge in [0.25, 0.3) is 0 Å². The van der Waals surface area contributed by atoms with Crippen molar-refractivity contribution in [3.8, 4) is 0 Å². The Morgan fingerprint density at radius 1 is 1.26 bits per heavy atom. The molecule has 3 heteroatoms. The van der Waals surface area contributed by atoms with Crippen molar-refractivity contribution in [1.82, 2.24) is 0 Å². The molecule has 0 unspecified atom stereocenters. The zero-order chi connectivity index (χ0) is 13.1. The van der Waals surface area contributed by atoms with Crippen LogP contribution in [-0.2, 0) is 14.9 Å². The van der Waals surface area contributed by atoms with Gasteiger partial charge in [-0.15, -0.1) is 0 Å². The summed E-state index contributed by atoms with van der Waals surface area (Å²) in [6.45, 7) is 4.89. The van der Waals surface area contributed by atoms with Crippen molar-refractivity contribution in [2.75, 3.05) is 44.9 Å². The molecule has 0 amide bonds. The van der Waals surface area contributed by atoms with Gasteiger partial charge in [-0.25, -0.2) is 0 Å². The van der Waals surface area contributed by atoms with Crippen LogP contribution in [0.4, 0.5) is 5.69 Å². The average molecular weight is 261 g/mol. The third-order valence-electron chi connectivity index (χ3n) is 4.54. The molecule has 0 radical (unpaired) electrons. The van der Waals surface area contributed by atoms with E-state index in [2.05, 4.69) is 29.2 Å². The Morgan fingerprint density at radius 3 is 2.84 bits per heavy atom. The molecular formula is C16H23NO2. The molecule has 1 spiro atoms. The maximum atomic E-state index is 5.57. The quantitative estimate of drug-likeness (QED) is 0.778. The van der Waals surface area contributed by atoms with Gasteiger partial charge in [0, 0.05) is 51.1 Å².